The first-order chi connectivity index (χ1) is 8.16. The van der Waals surface area contributed by atoms with Gasteiger partial charge in [0, 0.05) is 17.8 Å². The van der Waals surface area contributed by atoms with E-state index in [0.29, 0.717) is 0 Å². The predicted octanol–water partition coefficient (Wildman–Crippen LogP) is 1.68. The molecule has 0 aliphatic heterocycles. The number of nitrogens with zero attached hydrogens (tertiary/aromatic N) is 2. The molecule has 0 saturated carbocycles. The number of primary amides is 1. The Balaban J connectivity index is 2.30. The number of carbonyl (C=O) groups is 1. The smallest absolute Gasteiger partial charge is 0.241 e. The second kappa shape index (κ2) is 4.65. The number of nitrogens with two attached hydrogens (primary N) is 1. The Hall–Kier alpha value is -2.36. The molecule has 0 fully saturated rings. The minimum absolute atomic E-state index is 0.464. The van der Waals surface area contributed by atoms with Crippen LogP contribution >= 0.6 is 0 Å². The van der Waals surface area contributed by atoms with Crippen LogP contribution in [0.25, 0.3) is 11.8 Å². The highest BCUT2D eigenvalue weighted by molar-refractivity contribution is 5.90. The summed E-state index contributed by atoms with van der Waals surface area (Å²) in [6, 6.07) is 7.96. The minimum atomic E-state index is -0.464. The maximum Gasteiger partial charge on any atom is 0.241 e. The average Bonchev–Trinajstić information content (AvgIpc) is 2.75. The zero-order valence-corrected chi connectivity index (χ0v) is 9.50. The number of para-hydroxylation sites is 1. The van der Waals surface area contributed by atoms with Gasteiger partial charge in [-0.05, 0) is 24.6 Å². The first-order valence-electron chi connectivity index (χ1n) is 5.25. The molecule has 17 heavy (non-hydrogen) atoms. The lowest BCUT2D eigenvalue weighted by Crippen LogP contribution is -2.04. The molecule has 0 atom stereocenters. The third kappa shape index (κ3) is 2.60. The van der Waals surface area contributed by atoms with E-state index in [2.05, 4.69) is 5.10 Å². The Labute approximate surface area is 99.4 Å². The zero-order chi connectivity index (χ0) is 12.3. The normalized spacial score (nSPS) is 10.9. The first-order valence-corrected chi connectivity index (χ1v) is 5.25. The van der Waals surface area contributed by atoms with Gasteiger partial charge < -0.3 is 5.73 Å². The van der Waals surface area contributed by atoms with E-state index in [0.717, 1.165) is 16.8 Å². The number of benzene rings is 1. The van der Waals surface area contributed by atoms with E-state index >= 15 is 0 Å². The van der Waals surface area contributed by atoms with Crippen LogP contribution < -0.4 is 5.73 Å². The van der Waals surface area contributed by atoms with Crippen molar-refractivity contribution in [1.29, 1.82) is 0 Å². The van der Waals surface area contributed by atoms with Gasteiger partial charge in [0.1, 0.15) is 0 Å². The molecule has 86 valence electrons. The van der Waals surface area contributed by atoms with Gasteiger partial charge in [0.15, 0.2) is 0 Å². The van der Waals surface area contributed by atoms with Gasteiger partial charge >= 0.3 is 0 Å². The topological polar surface area (TPSA) is 60.9 Å². The van der Waals surface area contributed by atoms with Gasteiger partial charge in [-0.3, -0.25) is 4.79 Å². The average molecular weight is 227 g/mol. The van der Waals surface area contributed by atoms with Gasteiger partial charge in [-0.2, -0.15) is 5.10 Å². The molecule has 0 spiro atoms. The Bertz CT molecular complexity index is 570. The van der Waals surface area contributed by atoms with Crippen LogP contribution in [0.3, 0.4) is 0 Å². The minimum Gasteiger partial charge on any atom is -0.366 e. The molecule has 1 heterocycles. The van der Waals surface area contributed by atoms with Crippen molar-refractivity contribution in [2.75, 3.05) is 0 Å². The number of hydrogen-bond donors (Lipinski definition) is 1. The summed E-state index contributed by atoms with van der Waals surface area (Å²) in [7, 11) is 0. The fourth-order valence-corrected chi connectivity index (χ4v) is 1.55. The van der Waals surface area contributed by atoms with E-state index in [1.165, 1.54) is 6.08 Å². The van der Waals surface area contributed by atoms with Gasteiger partial charge in [0.05, 0.1) is 11.9 Å². The van der Waals surface area contributed by atoms with Crippen LogP contribution in [-0.4, -0.2) is 15.7 Å². The lowest BCUT2D eigenvalue weighted by molar-refractivity contribution is -0.113. The van der Waals surface area contributed by atoms with Crippen LogP contribution in [0.4, 0.5) is 0 Å². The van der Waals surface area contributed by atoms with E-state index in [9.17, 15) is 4.79 Å². The molecule has 0 bridgehead atoms. The van der Waals surface area contributed by atoms with Crippen LogP contribution in [0.2, 0.25) is 0 Å². The van der Waals surface area contributed by atoms with Gasteiger partial charge in [0.2, 0.25) is 5.91 Å². The molecular formula is C13H13N3O. The molecule has 4 nitrogen and oxygen atoms in total. The largest absolute Gasteiger partial charge is 0.366 e. The van der Waals surface area contributed by atoms with Crippen LogP contribution in [0.5, 0.6) is 0 Å². The van der Waals surface area contributed by atoms with E-state index in [1.807, 2.05) is 37.4 Å². The molecule has 1 amide bonds. The van der Waals surface area contributed by atoms with Gasteiger partial charge in [0.25, 0.3) is 0 Å². The lowest BCUT2D eigenvalue weighted by atomic mass is 10.2. The number of aryl methyl sites for hydroxylation is 1. The molecule has 0 aliphatic carbocycles. The Morgan fingerprint density at radius 1 is 1.41 bits per heavy atom. The molecule has 2 N–H and O–H groups in total. The number of amides is 1. The summed E-state index contributed by atoms with van der Waals surface area (Å²) >= 11 is 0. The lowest BCUT2D eigenvalue weighted by Gasteiger charge is -2.03. The highest BCUT2D eigenvalue weighted by Crippen LogP contribution is 2.13. The standard InChI is InChI=1S/C13H13N3O/c1-10-4-2-3-5-12(10)16-9-11(8-15-16)6-7-13(14)17/h2-9H,1H3,(H2,14,17). The van der Waals surface area contributed by atoms with Crippen molar-refractivity contribution in [2.45, 2.75) is 6.92 Å². The molecule has 1 aromatic heterocycles. The quantitative estimate of drug-likeness (QED) is 0.811. The van der Waals surface area contributed by atoms with Crippen LogP contribution in [0.1, 0.15) is 11.1 Å². The summed E-state index contributed by atoms with van der Waals surface area (Å²) in [5.74, 6) is -0.464. The van der Waals surface area contributed by atoms with Crippen molar-refractivity contribution >= 4 is 12.0 Å². The summed E-state index contributed by atoms with van der Waals surface area (Å²) in [5, 5.41) is 4.24. The Kier molecular flexibility index (Phi) is 3.05. The molecule has 0 unspecified atom stereocenters. The van der Waals surface area contributed by atoms with Crippen molar-refractivity contribution in [3.63, 3.8) is 0 Å². The summed E-state index contributed by atoms with van der Waals surface area (Å²) < 4.78 is 1.77. The monoisotopic (exact) mass is 227 g/mol. The molecule has 2 aromatic rings. The summed E-state index contributed by atoms with van der Waals surface area (Å²) in [4.78, 5) is 10.6. The van der Waals surface area contributed by atoms with E-state index < -0.39 is 5.91 Å². The number of hydrogen-bond acceptors (Lipinski definition) is 2. The third-order valence-corrected chi connectivity index (χ3v) is 2.40. The molecule has 0 saturated heterocycles. The SMILES string of the molecule is Cc1ccccc1-n1cc(C=CC(N)=O)cn1. The summed E-state index contributed by atoms with van der Waals surface area (Å²) in [6.45, 7) is 2.02. The van der Waals surface area contributed by atoms with Crippen molar-refractivity contribution in [1.82, 2.24) is 9.78 Å². The molecule has 4 heteroatoms. The van der Waals surface area contributed by atoms with Gasteiger partial charge in [-0.15, -0.1) is 0 Å². The number of carbonyl (C=O) groups excluding carboxylic acids is 1. The van der Waals surface area contributed by atoms with E-state index in [4.69, 9.17) is 5.73 Å². The van der Waals surface area contributed by atoms with Crippen LogP contribution in [0, 0.1) is 6.92 Å². The second-order valence-electron chi connectivity index (χ2n) is 3.74. The molecule has 0 radical (unpaired) electrons. The van der Waals surface area contributed by atoms with E-state index in [-0.39, 0.29) is 0 Å². The van der Waals surface area contributed by atoms with Crippen LogP contribution in [0.15, 0.2) is 42.7 Å². The Morgan fingerprint density at radius 2 is 2.18 bits per heavy atom. The predicted molar refractivity (Wildman–Crippen MR) is 66.5 cm³/mol. The van der Waals surface area contributed by atoms with Crippen molar-refractivity contribution in [2.24, 2.45) is 5.73 Å². The summed E-state index contributed by atoms with van der Waals surface area (Å²) in [6.07, 6.45) is 6.50. The van der Waals surface area contributed by atoms with Crippen molar-refractivity contribution < 1.29 is 4.79 Å². The van der Waals surface area contributed by atoms with E-state index in [1.54, 1.807) is 17.0 Å². The van der Waals surface area contributed by atoms with Crippen molar-refractivity contribution in [3.05, 3.63) is 53.9 Å². The third-order valence-electron chi connectivity index (χ3n) is 2.40. The fourth-order valence-electron chi connectivity index (χ4n) is 1.55. The molecule has 0 aliphatic rings. The Morgan fingerprint density at radius 3 is 2.88 bits per heavy atom. The maximum atomic E-state index is 10.6. The maximum absolute atomic E-state index is 10.6. The van der Waals surface area contributed by atoms with Gasteiger partial charge in [-0.1, -0.05) is 18.2 Å². The van der Waals surface area contributed by atoms with Gasteiger partial charge in [-0.25, -0.2) is 4.68 Å². The molecule has 2 rings (SSSR count). The van der Waals surface area contributed by atoms with Crippen LogP contribution in [-0.2, 0) is 4.79 Å². The first kappa shape index (κ1) is 11.1. The number of rotatable bonds is 3. The highest BCUT2D eigenvalue weighted by Gasteiger charge is 2.01. The highest BCUT2D eigenvalue weighted by atomic mass is 16.1. The molecular weight excluding hydrogens is 214 g/mol. The second-order valence-corrected chi connectivity index (χ2v) is 3.74. The number of aromatic nitrogens is 2. The fraction of sp³-hybridized carbons (Fsp3) is 0.0769. The zero-order valence-electron chi connectivity index (χ0n) is 9.50. The summed E-state index contributed by atoms with van der Waals surface area (Å²) in [5.41, 5.74) is 8.03. The molecule has 1 aromatic carbocycles. The van der Waals surface area contributed by atoms with Crippen molar-refractivity contribution in [3.8, 4) is 5.69 Å².